The van der Waals surface area contributed by atoms with Crippen LogP contribution in [0.2, 0.25) is 0 Å². The summed E-state index contributed by atoms with van der Waals surface area (Å²) in [7, 11) is 0. The van der Waals surface area contributed by atoms with Crippen LogP contribution in [-0.2, 0) is 12.0 Å². The molecular weight excluding hydrogens is 234 g/mol. The molecule has 1 saturated heterocycles. The number of aliphatic hydroxyl groups is 1. The maximum absolute atomic E-state index is 11.0. The molecule has 2 heteroatoms. The van der Waals surface area contributed by atoms with E-state index >= 15 is 0 Å². The summed E-state index contributed by atoms with van der Waals surface area (Å²) in [6.45, 7) is 7.69. The molecule has 0 saturated carbocycles. The minimum absolute atomic E-state index is 0.617. The summed E-state index contributed by atoms with van der Waals surface area (Å²) in [5, 5.41) is 11.0. The zero-order valence-electron chi connectivity index (χ0n) is 12.4. The van der Waals surface area contributed by atoms with Gasteiger partial charge in [0.25, 0.3) is 0 Å². The Balaban J connectivity index is 2.12. The third-order valence-corrected chi connectivity index (χ3v) is 4.32. The highest BCUT2D eigenvalue weighted by Crippen LogP contribution is 2.33. The summed E-state index contributed by atoms with van der Waals surface area (Å²) in [6.07, 6.45) is 5.07. The zero-order chi connectivity index (χ0) is 13.7. The molecule has 1 heterocycles. The molecule has 106 valence electrons. The Morgan fingerprint density at radius 2 is 2.05 bits per heavy atom. The normalized spacial score (nSPS) is 25.2. The van der Waals surface area contributed by atoms with Gasteiger partial charge in [0, 0.05) is 6.54 Å². The summed E-state index contributed by atoms with van der Waals surface area (Å²) in [5.74, 6) is 0. The van der Waals surface area contributed by atoms with Crippen LogP contribution in [0.3, 0.4) is 0 Å². The molecular formula is C17H27NO. The van der Waals surface area contributed by atoms with Gasteiger partial charge in [-0.1, -0.05) is 38.1 Å². The quantitative estimate of drug-likeness (QED) is 0.898. The van der Waals surface area contributed by atoms with Crippen molar-refractivity contribution in [2.75, 3.05) is 19.6 Å². The van der Waals surface area contributed by atoms with E-state index < -0.39 is 5.60 Å². The molecule has 1 N–H and O–H groups in total. The van der Waals surface area contributed by atoms with Crippen LogP contribution in [0.15, 0.2) is 24.3 Å². The van der Waals surface area contributed by atoms with E-state index in [-0.39, 0.29) is 0 Å². The number of benzene rings is 1. The lowest BCUT2D eigenvalue weighted by Crippen LogP contribution is -2.29. The Bertz CT molecular complexity index is 404. The highest BCUT2D eigenvalue weighted by Gasteiger charge is 2.31. The fourth-order valence-corrected chi connectivity index (χ4v) is 3.08. The van der Waals surface area contributed by atoms with Gasteiger partial charge in [0.2, 0.25) is 0 Å². The van der Waals surface area contributed by atoms with Gasteiger partial charge >= 0.3 is 0 Å². The van der Waals surface area contributed by atoms with Crippen molar-refractivity contribution in [2.24, 2.45) is 0 Å². The lowest BCUT2D eigenvalue weighted by molar-refractivity contribution is 0.0211. The number of hydrogen-bond donors (Lipinski definition) is 1. The molecule has 0 bridgehead atoms. The number of rotatable bonds is 4. The SMILES string of the molecule is CCCN1CCCC(O)(c2cccc(CC)c2)CC1. The second-order valence-corrected chi connectivity index (χ2v) is 5.78. The van der Waals surface area contributed by atoms with Gasteiger partial charge in [-0.25, -0.2) is 0 Å². The van der Waals surface area contributed by atoms with Crippen molar-refractivity contribution in [3.8, 4) is 0 Å². The van der Waals surface area contributed by atoms with Crippen LogP contribution in [0, 0.1) is 0 Å². The molecule has 1 fully saturated rings. The van der Waals surface area contributed by atoms with Crippen molar-refractivity contribution in [2.45, 2.75) is 51.6 Å². The average molecular weight is 261 g/mol. The summed E-state index contributed by atoms with van der Waals surface area (Å²) in [4.78, 5) is 2.49. The van der Waals surface area contributed by atoms with Gasteiger partial charge in [0.15, 0.2) is 0 Å². The lowest BCUT2D eigenvalue weighted by Gasteiger charge is -2.28. The van der Waals surface area contributed by atoms with E-state index in [1.807, 2.05) is 0 Å². The second kappa shape index (κ2) is 6.53. The topological polar surface area (TPSA) is 23.5 Å². The molecule has 1 aromatic carbocycles. The van der Waals surface area contributed by atoms with Crippen LogP contribution in [0.25, 0.3) is 0 Å². The van der Waals surface area contributed by atoms with Crippen LogP contribution in [0.4, 0.5) is 0 Å². The van der Waals surface area contributed by atoms with Crippen molar-refractivity contribution < 1.29 is 5.11 Å². The molecule has 1 unspecified atom stereocenters. The van der Waals surface area contributed by atoms with Gasteiger partial charge < -0.3 is 10.0 Å². The number of aryl methyl sites for hydroxylation is 1. The molecule has 0 aliphatic carbocycles. The Morgan fingerprint density at radius 1 is 1.21 bits per heavy atom. The molecule has 0 radical (unpaired) electrons. The van der Waals surface area contributed by atoms with E-state index in [2.05, 4.69) is 43.0 Å². The molecule has 1 atom stereocenters. The number of hydrogen-bond acceptors (Lipinski definition) is 2. The van der Waals surface area contributed by atoms with E-state index in [4.69, 9.17) is 0 Å². The van der Waals surface area contributed by atoms with Crippen LogP contribution in [0.5, 0.6) is 0 Å². The van der Waals surface area contributed by atoms with Crippen LogP contribution in [-0.4, -0.2) is 29.6 Å². The van der Waals surface area contributed by atoms with Gasteiger partial charge in [-0.05, 0) is 56.3 Å². The van der Waals surface area contributed by atoms with Gasteiger partial charge in [-0.15, -0.1) is 0 Å². The number of likely N-dealkylation sites (tertiary alicyclic amines) is 1. The average Bonchev–Trinajstić information content (AvgIpc) is 2.63. The van der Waals surface area contributed by atoms with Crippen molar-refractivity contribution in [1.82, 2.24) is 4.90 Å². The van der Waals surface area contributed by atoms with Gasteiger partial charge in [-0.3, -0.25) is 0 Å². The number of nitrogens with zero attached hydrogens (tertiary/aromatic N) is 1. The van der Waals surface area contributed by atoms with Crippen LogP contribution < -0.4 is 0 Å². The summed E-state index contributed by atoms with van der Waals surface area (Å²) >= 11 is 0. The van der Waals surface area contributed by atoms with E-state index in [1.54, 1.807) is 0 Å². The first kappa shape index (κ1) is 14.5. The molecule has 1 aromatic rings. The minimum atomic E-state index is -0.617. The first-order chi connectivity index (χ1) is 9.18. The Hall–Kier alpha value is -0.860. The fourth-order valence-electron chi connectivity index (χ4n) is 3.08. The maximum Gasteiger partial charge on any atom is 0.0909 e. The molecule has 0 spiro atoms. The van der Waals surface area contributed by atoms with Crippen LogP contribution >= 0.6 is 0 Å². The molecule has 1 aliphatic heterocycles. The molecule has 2 rings (SSSR count). The van der Waals surface area contributed by atoms with Gasteiger partial charge in [0.05, 0.1) is 5.60 Å². The lowest BCUT2D eigenvalue weighted by atomic mass is 9.86. The van der Waals surface area contributed by atoms with Crippen LogP contribution in [0.1, 0.15) is 50.7 Å². The first-order valence-corrected chi connectivity index (χ1v) is 7.72. The van der Waals surface area contributed by atoms with Crippen molar-refractivity contribution in [3.05, 3.63) is 35.4 Å². The third kappa shape index (κ3) is 3.58. The zero-order valence-corrected chi connectivity index (χ0v) is 12.4. The Morgan fingerprint density at radius 3 is 2.79 bits per heavy atom. The maximum atomic E-state index is 11.0. The second-order valence-electron chi connectivity index (χ2n) is 5.78. The minimum Gasteiger partial charge on any atom is -0.385 e. The highest BCUT2D eigenvalue weighted by atomic mass is 16.3. The third-order valence-electron chi connectivity index (χ3n) is 4.32. The van der Waals surface area contributed by atoms with E-state index in [1.165, 1.54) is 12.0 Å². The fraction of sp³-hybridized carbons (Fsp3) is 0.647. The van der Waals surface area contributed by atoms with E-state index in [0.717, 1.165) is 50.9 Å². The monoisotopic (exact) mass is 261 g/mol. The largest absolute Gasteiger partial charge is 0.385 e. The van der Waals surface area contributed by atoms with E-state index in [0.29, 0.717) is 0 Å². The van der Waals surface area contributed by atoms with E-state index in [9.17, 15) is 5.11 Å². The summed E-state index contributed by atoms with van der Waals surface area (Å²) < 4.78 is 0. The smallest absolute Gasteiger partial charge is 0.0909 e. The Labute approximate surface area is 117 Å². The molecule has 2 nitrogen and oxygen atoms in total. The molecule has 0 amide bonds. The molecule has 0 aromatic heterocycles. The molecule has 1 aliphatic rings. The van der Waals surface area contributed by atoms with Gasteiger partial charge in [-0.2, -0.15) is 0 Å². The first-order valence-electron chi connectivity index (χ1n) is 7.72. The van der Waals surface area contributed by atoms with Crippen molar-refractivity contribution >= 4 is 0 Å². The molecule has 19 heavy (non-hydrogen) atoms. The predicted molar refractivity (Wildman–Crippen MR) is 80.3 cm³/mol. The standard InChI is InChI=1S/C17H27NO/c1-3-11-18-12-6-9-17(19,10-13-18)16-8-5-7-15(4-2)14-16/h5,7-8,14,19H,3-4,6,9-13H2,1-2H3. The summed E-state index contributed by atoms with van der Waals surface area (Å²) in [5.41, 5.74) is 1.82. The van der Waals surface area contributed by atoms with Gasteiger partial charge in [0.1, 0.15) is 0 Å². The summed E-state index contributed by atoms with van der Waals surface area (Å²) in [6, 6.07) is 8.51. The van der Waals surface area contributed by atoms with Crippen molar-refractivity contribution in [1.29, 1.82) is 0 Å². The predicted octanol–water partition coefficient (Wildman–Crippen LogP) is 3.33. The Kier molecular flexibility index (Phi) is 5.00. The highest BCUT2D eigenvalue weighted by molar-refractivity contribution is 5.28. The van der Waals surface area contributed by atoms with Crippen molar-refractivity contribution in [3.63, 3.8) is 0 Å².